The molecule has 0 rings (SSSR count). The number of hydrogen-bond acceptors (Lipinski definition) is 3. The van der Waals surface area contributed by atoms with Crippen molar-refractivity contribution in [3.63, 3.8) is 0 Å². The molecule has 0 aromatic rings. The van der Waals surface area contributed by atoms with Gasteiger partial charge in [0.05, 0.1) is 6.61 Å². The molecule has 0 aromatic carbocycles. The second-order valence-corrected chi connectivity index (χ2v) is 2.20. The number of unbranched alkanes of at least 4 members (excludes halogenated alkanes) is 1. The van der Waals surface area contributed by atoms with Gasteiger partial charge in [-0.1, -0.05) is 0 Å². The van der Waals surface area contributed by atoms with E-state index in [1.807, 2.05) is 6.92 Å². The molecule has 1 amide bonds. The van der Waals surface area contributed by atoms with E-state index in [0.717, 1.165) is 12.8 Å². The third-order valence-electron chi connectivity index (χ3n) is 1.19. The van der Waals surface area contributed by atoms with Crippen LogP contribution >= 0.6 is 0 Å². The van der Waals surface area contributed by atoms with E-state index in [1.54, 1.807) is 0 Å². The van der Waals surface area contributed by atoms with Gasteiger partial charge in [-0.2, -0.15) is 0 Å². The van der Waals surface area contributed by atoms with E-state index in [-0.39, 0.29) is 5.91 Å². The van der Waals surface area contributed by atoms with Gasteiger partial charge in [0.2, 0.25) is 5.91 Å². The SMILES string of the molecule is CCONC(=O)CCCCN. The predicted octanol–water partition coefficient (Wildman–Crippen LogP) is 0.183. The van der Waals surface area contributed by atoms with E-state index in [4.69, 9.17) is 10.6 Å². The van der Waals surface area contributed by atoms with Gasteiger partial charge in [-0.3, -0.25) is 9.63 Å². The molecule has 0 unspecified atom stereocenters. The summed E-state index contributed by atoms with van der Waals surface area (Å²) in [7, 11) is 0. The average molecular weight is 160 g/mol. The highest BCUT2D eigenvalue weighted by atomic mass is 16.6. The molecule has 4 heteroatoms. The summed E-state index contributed by atoms with van der Waals surface area (Å²) in [5, 5.41) is 0. The fraction of sp³-hybridized carbons (Fsp3) is 0.857. The first kappa shape index (κ1) is 10.4. The summed E-state index contributed by atoms with van der Waals surface area (Å²) in [4.78, 5) is 15.5. The molecular formula is C7H16N2O2. The zero-order valence-electron chi connectivity index (χ0n) is 6.93. The maximum Gasteiger partial charge on any atom is 0.243 e. The Labute approximate surface area is 67.0 Å². The summed E-state index contributed by atoms with van der Waals surface area (Å²) in [5.41, 5.74) is 7.56. The first-order valence-electron chi connectivity index (χ1n) is 3.92. The van der Waals surface area contributed by atoms with Crippen molar-refractivity contribution in [1.29, 1.82) is 0 Å². The molecule has 0 aliphatic carbocycles. The molecule has 0 saturated carbocycles. The number of nitrogens with one attached hydrogen (secondary N) is 1. The predicted molar refractivity (Wildman–Crippen MR) is 42.7 cm³/mol. The average Bonchev–Trinajstić information content (AvgIpc) is 2.01. The molecule has 0 aromatic heterocycles. The minimum atomic E-state index is -0.0692. The Morgan fingerprint density at radius 2 is 2.27 bits per heavy atom. The Balaban J connectivity index is 3.09. The van der Waals surface area contributed by atoms with Crippen LogP contribution in [-0.2, 0) is 9.63 Å². The molecule has 0 spiro atoms. The van der Waals surface area contributed by atoms with Gasteiger partial charge in [0, 0.05) is 6.42 Å². The Hall–Kier alpha value is -0.610. The van der Waals surface area contributed by atoms with Crippen molar-refractivity contribution < 1.29 is 9.63 Å². The fourth-order valence-corrected chi connectivity index (χ4v) is 0.634. The van der Waals surface area contributed by atoms with Crippen molar-refractivity contribution in [2.75, 3.05) is 13.2 Å². The van der Waals surface area contributed by atoms with Crippen LogP contribution in [0.2, 0.25) is 0 Å². The van der Waals surface area contributed by atoms with Crippen molar-refractivity contribution >= 4 is 5.91 Å². The molecule has 0 aliphatic rings. The van der Waals surface area contributed by atoms with Crippen LogP contribution in [0, 0.1) is 0 Å². The lowest BCUT2D eigenvalue weighted by atomic mass is 10.2. The van der Waals surface area contributed by atoms with Crippen LogP contribution in [0.15, 0.2) is 0 Å². The largest absolute Gasteiger partial charge is 0.330 e. The minimum Gasteiger partial charge on any atom is -0.330 e. The zero-order valence-corrected chi connectivity index (χ0v) is 6.93. The molecule has 0 bridgehead atoms. The highest BCUT2D eigenvalue weighted by Crippen LogP contribution is 1.92. The molecule has 0 fully saturated rings. The van der Waals surface area contributed by atoms with E-state index in [1.165, 1.54) is 0 Å². The van der Waals surface area contributed by atoms with Crippen molar-refractivity contribution in [3.8, 4) is 0 Å². The maximum atomic E-state index is 10.8. The van der Waals surface area contributed by atoms with Crippen molar-refractivity contribution in [2.45, 2.75) is 26.2 Å². The molecule has 0 radical (unpaired) electrons. The Kier molecular flexibility index (Phi) is 7.08. The molecule has 66 valence electrons. The fourth-order valence-electron chi connectivity index (χ4n) is 0.634. The number of carbonyl (C=O) groups excluding carboxylic acids is 1. The van der Waals surface area contributed by atoms with E-state index in [2.05, 4.69) is 5.48 Å². The lowest BCUT2D eigenvalue weighted by Gasteiger charge is -2.01. The molecule has 4 nitrogen and oxygen atoms in total. The van der Waals surface area contributed by atoms with E-state index in [9.17, 15) is 4.79 Å². The van der Waals surface area contributed by atoms with Crippen LogP contribution in [0.3, 0.4) is 0 Å². The maximum absolute atomic E-state index is 10.8. The monoisotopic (exact) mass is 160 g/mol. The normalized spacial score (nSPS) is 9.64. The molecular weight excluding hydrogens is 144 g/mol. The van der Waals surface area contributed by atoms with E-state index < -0.39 is 0 Å². The number of hydroxylamine groups is 1. The van der Waals surface area contributed by atoms with Gasteiger partial charge in [0.1, 0.15) is 0 Å². The van der Waals surface area contributed by atoms with Crippen LogP contribution in [0.1, 0.15) is 26.2 Å². The molecule has 0 atom stereocenters. The van der Waals surface area contributed by atoms with Crippen LogP contribution in [0.5, 0.6) is 0 Å². The third-order valence-corrected chi connectivity index (χ3v) is 1.19. The van der Waals surface area contributed by atoms with Gasteiger partial charge >= 0.3 is 0 Å². The van der Waals surface area contributed by atoms with Gasteiger partial charge in [-0.25, -0.2) is 5.48 Å². The third kappa shape index (κ3) is 7.29. The van der Waals surface area contributed by atoms with Gasteiger partial charge in [-0.05, 0) is 26.3 Å². The van der Waals surface area contributed by atoms with Gasteiger partial charge in [0.15, 0.2) is 0 Å². The van der Waals surface area contributed by atoms with Crippen molar-refractivity contribution in [3.05, 3.63) is 0 Å². The van der Waals surface area contributed by atoms with Gasteiger partial charge in [0.25, 0.3) is 0 Å². The summed E-state index contributed by atoms with van der Waals surface area (Å²) < 4.78 is 0. The number of rotatable bonds is 6. The topological polar surface area (TPSA) is 64.3 Å². The quantitative estimate of drug-likeness (QED) is 0.430. The summed E-state index contributed by atoms with van der Waals surface area (Å²) in [5.74, 6) is -0.0692. The molecule has 0 aliphatic heterocycles. The Morgan fingerprint density at radius 1 is 1.55 bits per heavy atom. The van der Waals surface area contributed by atoms with Crippen LogP contribution in [0.4, 0.5) is 0 Å². The lowest BCUT2D eigenvalue weighted by molar-refractivity contribution is -0.133. The van der Waals surface area contributed by atoms with Gasteiger partial charge < -0.3 is 5.73 Å². The second-order valence-electron chi connectivity index (χ2n) is 2.20. The molecule has 0 heterocycles. The first-order valence-corrected chi connectivity index (χ1v) is 3.92. The smallest absolute Gasteiger partial charge is 0.243 e. The standard InChI is InChI=1S/C7H16N2O2/c1-2-11-9-7(10)5-3-4-6-8/h2-6,8H2,1H3,(H,9,10). The molecule has 3 N–H and O–H groups in total. The summed E-state index contributed by atoms with van der Waals surface area (Å²) in [6.45, 7) is 2.96. The minimum absolute atomic E-state index is 0.0692. The van der Waals surface area contributed by atoms with Crippen LogP contribution in [0.25, 0.3) is 0 Å². The first-order chi connectivity index (χ1) is 5.31. The Morgan fingerprint density at radius 3 is 2.82 bits per heavy atom. The number of amides is 1. The highest BCUT2D eigenvalue weighted by molar-refractivity contribution is 5.74. The Bertz CT molecular complexity index is 107. The summed E-state index contributed by atoms with van der Waals surface area (Å²) in [6, 6.07) is 0. The molecule has 0 saturated heterocycles. The van der Waals surface area contributed by atoms with E-state index in [0.29, 0.717) is 19.6 Å². The van der Waals surface area contributed by atoms with Crippen molar-refractivity contribution in [1.82, 2.24) is 5.48 Å². The number of hydrogen-bond donors (Lipinski definition) is 2. The number of carbonyl (C=O) groups is 1. The summed E-state index contributed by atoms with van der Waals surface area (Å²) in [6.07, 6.45) is 2.21. The second kappa shape index (κ2) is 7.50. The summed E-state index contributed by atoms with van der Waals surface area (Å²) >= 11 is 0. The molecule has 11 heavy (non-hydrogen) atoms. The zero-order chi connectivity index (χ0) is 8.53. The number of nitrogens with two attached hydrogens (primary N) is 1. The van der Waals surface area contributed by atoms with E-state index >= 15 is 0 Å². The highest BCUT2D eigenvalue weighted by Gasteiger charge is 1.98. The van der Waals surface area contributed by atoms with Crippen LogP contribution < -0.4 is 11.2 Å². The van der Waals surface area contributed by atoms with Crippen LogP contribution in [-0.4, -0.2) is 19.1 Å². The lowest BCUT2D eigenvalue weighted by Crippen LogP contribution is -2.23. The van der Waals surface area contributed by atoms with Gasteiger partial charge in [-0.15, -0.1) is 0 Å². The van der Waals surface area contributed by atoms with Crippen molar-refractivity contribution in [2.24, 2.45) is 5.73 Å².